The maximum atomic E-state index is 13.4. The zero-order valence-corrected chi connectivity index (χ0v) is 17.3. The Bertz CT molecular complexity index is 819. The first kappa shape index (κ1) is 21.1. The zero-order chi connectivity index (χ0) is 20.2. The zero-order valence-electron chi connectivity index (χ0n) is 16.5. The number of terminal acetylenes is 1. The highest BCUT2D eigenvalue weighted by atomic mass is 32.2. The van der Waals surface area contributed by atoms with Gasteiger partial charge in [0.25, 0.3) is 0 Å². The predicted octanol–water partition coefficient (Wildman–Crippen LogP) is 3.64. The molecule has 0 N–H and O–H groups in total. The van der Waals surface area contributed by atoms with Crippen LogP contribution in [0.15, 0.2) is 41.8 Å². The molecule has 5 nitrogen and oxygen atoms in total. The summed E-state index contributed by atoms with van der Waals surface area (Å²) < 4.78 is 40.5. The first-order valence-corrected chi connectivity index (χ1v) is 11.3. The van der Waals surface area contributed by atoms with E-state index >= 15 is 0 Å². The number of hydrogen-bond donors (Lipinski definition) is 0. The fraction of sp³-hybridized carbons (Fsp3) is 0.545. The van der Waals surface area contributed by atoms with Crippen molar-refractivity contribution in [2.75, 3.05) is 13.2 Å². The summed E-state index contributed by atoms with van der Waals surface area (Å²) in [6.45, 7) is 6.07. The Kier molecular flexibility index (Phi) is 6.61. The highest BCUT2D eigenvalue weighted by Gasteiger charge is 2.47. The molecule has 0 amide bonds. The van der Waals surface area contributed by atoms with Crippen molar-refractivity contribution in [2.45, 2.75) is 68.3 Å². The lowest BCUT2D eigenvalue weighted by atomic mass is 9.94. The van der Waals surface area contributed by atoms with Crippen LogP contribution < -0.4 is 0 Å². The number of nitrogens with zero attached hydrogens (tertiary/aromatic N) is 1. The minimum atomic E-state index is -3.77. The maximum absolute atomic E-state index is 13.4. The van der Waals surface area contributed by atoms with Crippen molar-refractivity contribution in [3.8, 4) is 12.3 Å². The van der Waals surface area contributed by atoms with E-state index in [9.17, 15) is 8.42 Å². The van der Waals surface area contributed by atoms with Crippen LogP contribution in [0.25, 0.3) is 0 Å². The van der Waals surface area contributed by atoms with Crippen LogP contribution in [0.1, 0.15) is 44.1 Å². The monoisotopic (exact) mass is 403 g/mol. The third kappa shape index (κ3) is 4.33. The quantitative estimate of drug-likeness (QED) is 0.515. The van der Waals surface area contributed by atoms with E-state index in [1.165, 1.54) is 10.7 Å². The Morgan fingerprint density at radius 3 is 2.61 bits per heavy atom. The van der Waals surface area contributed by atoms with Crippen molar-refractivity contribution in [1.29, 1.82) is 0 Å². The smallest absolute Gasteiger partial charge is 0.244 e. The highest BCUT2D eigenvalue weighted by molar-refractivity contribution is 7.89. The molecule has 1 saturated carbocycles. The fourth-order valence-electron chi connectivity index (χ4n) is 4.06. The van der Waals surface area contributed by atoms with Crippen LogP contribution in [-0.2, 0) is 19.5 Å². The van der Waals surface area contributed by atoms with Crippen LogP contribution in [0.2, 0.25) is 0 Å². The van der Waals surface area contributed by atoms with E-state index in [-0.39, 0.29) is 17.5 Å². The highest BCUT2D eigenvalue weighted by Crippen LogP contribution is 2.40. The number of aryl methyl sites for hydroxylation is 1. The Morgan fingerprint density at radius 1 is 1.32 bits per heavy atom. The molecule has 1 aliphatic carbocycles. The van der Waals surface area contributed by atoms with Crippen molar-refractivity contribution < 1.29 is 17.9 Å². The molecule has 0 unspecified atom stereocenters. The van der Waals surface area contributed by atoms with E-state index < -0.39 is 21.9 Å². The molecule has 2 fully saturated rings. The molecule has 1 spiro atoms. The normalized spacial score (nSPS) is 22.8. The van der Waals surface area contributed by atoms with Gasteiger partial charge in [0.15, 0.2) is 5.79 Å². The topological polar surface area (TPSA) is 55.8 Å². The summed E-state index contributed by atoms with van der Waals surface area (Å²) in [6, 6.07) is 6.36. The van der Waals surface area contributed by atoms with Crippen LogP contribution in [0, 0.1) is 19.3 Å². The van der Waals surface area contributed by atoms with E-state index in [2.05, 4.69) is 12.5 Å². The van der Waals surface area contributed by atoms with Crippen LogP contribution in [0.4, 0.5) is 0 Å². The molecular weight excluding hydrogens is 374 g/mol. The first-order chi connectivity index (χ1) is 13.4. The van der Waals surface area contributed by atoms with Gasteiger partial charge in [0.1, 0.15) is 6.10 Å². The molecule has 0 aromatic heterocycles. The van der Waals surface area contributed by atoms with Gasteiger partial charge >= 0.3 is 0 Å². The summed E-state index contributed by atoms with van der Waals surface area (Å²) >= 11 is 0. The second-order valence-corrected chi connectivity index (χ2v) is 9.49. The molecule has 6 heteroatoms. The molecule has 0 radical (unpaired) electrons. The van der Waals surface area contributed by atoms with Crippen molar-refractivity contribution in [3.63, 3.8) is 0 Å². The van der Waals surface area contributed by atoms with Crippen molar-refractivity contribution >= 4 is 10.0 Å². The minimum absolute atomic E-state index is 0.0262. The van der Waals surface area contributed by atoms with Gasteiger partial charge in [-0.25, -0.2) is 8.42 Å². The number of sulfonamides is 1. The van der Waals surface area contributed by atoms with Crippen LogP contribution in [0.3, 0.4) is 0 Å². The fourth-order valence-corrected chi connectivity index (χ4v) is 5.64. The summed E-state index contributed by atoms with van der Waals surface area (Å²) in [6.07, 6.45) is 12.3. The van der Waals surface area contributed by atoms with Crippen LogP contribution in [-0.4, -0.2) is 43.8 Å². The van der Waals surface area contributed by atoms with Gasteiger partial charge in [-0.1, -0.05) is 36.1 Å². The minimum Gasteiger partial charge on any atom is -0.347 e. The van der Waals surface area contributed by atoms with Gasteiger partial charge in [-0.15, -0.1) is 13.0 Å². The molecule has 1 aromatic carbocycles. The Morgan fingerprint density at radius 2 is 2.00 bits per heavy atom. The van der Waals surface area contributed by atoms with Gasteiger partial charge in [0, 0.05) is 12.8 Å². The Labute approximate surface area is 168 Å². The molecule has 3 rings (SSSR count). The van der Waals surface area contributed by atoms with E-state index in [0.717, 1.165) is 31.2 Å². The lowest BCUT2D eigenvalue weighted by Crippen LogP contribution is -2.48. The number of rotatable bonds is 7. The molecule has 1 saturated heterocycles. The average Bonchev–Trinajstić information content (AvgIpc) is 3.08. The van der Waals surface area contributed by atoms with Crippen LogP contribution >= 0.6 is 0 Å². The molecule has 1 aromatic rings. The Hall–Kier alpha value is -1.65. The van der Waals surface area contributed by atoms with Gasteiger partial charge < -0.3 is 9.47 Å². The molecule has 152 valence electrons. The van der Waals surface area contributed by atoms with Gasteiger partial charge in [-0.05, 0) is 38.3 Å². The third-order valence-electron chi connectivity index (χ3n) is 5.57. The predicted molar refractivity (Wildman–Crippen MR) is 109 cm³/mol. The summed E-state index contributed by atoms with van der Waals surface area (Å²) in [5.74, 6) is 1.93. The largest absolute Gasteiger partial charge is 0.347 e. The lowest BCUT2D eigenvalue weighted by Gasteiger charge is -2.35. The Balaban J connectivity index is 1.89. The van der Waals surface area contributed by atoms with Gasteiger partial charge in [0.2, 0.25) is 10.0 Å². The number of benzene rings is 1. The summed E-state index contributed by atoms with van der Waals surface area (Å²) in [5.41, 5.74) is 0.997. The molecule has 0 bridgehead atoms. The van der Waals surface area contributed by atoms with E-state index in [1.807, 2.05) is 6.92 Å². The van der Waals surface area contributed by atoms with E-state index in [1.54, 1.807) is 30.3 Å². The summed E-state index contributed by atoms with van der Waals surface area (Å²) in [5, 5.41) is 0. The molecule has 1 aliphatic heterocycles. The molecule has 1 heterocycles. The molecule has 2 atom stereocenters. The third-order valence-corrected chi connectivity index (χ3v) is 7.46. The standard InChI is InChI=1S/C22H29NO4S/c1-4-9-20(21-17-26-22(27-21)14-7-6-8-15-22)23(16-5-2)28(24,25)19-12-10-18(3)11-13-19/h2,4,10-13,20-21H,1,6-9,14-17H2,3H3/t20-,21-/m1/s1. The van der Waals surface area contributed by atoms with Gasteiger partial charge in [0.05, 0.1) is 24.1 Å². The molecule has 28 heavy (non-hydrogen) atoms. The summed E-state index contributed by atoms with van der Waals surface area (Å²) in [4.78, 5) is 0.230. The lowest BCUT2D eigenvalue weighted by molar-refractivity contribution is -0.190. The second kappa shape index (κ2) is 8.79. The molecular formula is C22H29NO4S. The van der Waals surface area contributed by atoms with Crippen molar-refractivity contribution in [3.05, 3.63) is 42.5 Å². The van der Waals surface area contributed by atoms with Gasteiger partial charge in [-0.2, -0.15) is 4.31 Å². The number of hydrogen-bond acceptors (Lipinski definition) is 4. The van der Waals surface area contributed by atoms with Gasteiger partial charge in [-0.3, -0.25) is 0 Å². The maximum Gasteiger partial charge on any atom is 0.244 e. The van der Waals surface area contributed by atoms with E-state index in [0.29, 0.717) is 13.0 Å². The average molecular weight is 404 g/mol. The number of ether oxygens (including phenoxy) is 2. The van der Waals surface area contributed by atoms with E-state index in [4.69, 9.17) is 15.9 Å². The van der Waals surface area contributed by atoms with Crippen molar-refractivity contribution in [1.82, 2.24) is 4.31 Å². The van der Waals surface area contributed by atoms with Crippen LogP contribution in [0.5, 0.6) is 0 Å². The summed E-state index contributed by atoms with van der Waals surface area (Å²) in [7, 11) is -3.77. The first-order valence-electron chi connectivity index (χ1n) is 9.86. The second-order valence-electron chi connectivity index (χ2n) is 7.60. The SMILES string of the molecule is C#CCN([C@H](CC=C)[C@H]1COC2(CCCCC2)O1)S(=O)(=O)c1ccc(C)cc1. The van der Waals surface area contributed by atoms with Crippen molar-refractivity contribution in [2.24, 2.45) is 0 Å². The molecule has 2 aliphatic rings.